The molecule has 7 heteroatoms. The lowest BCUT2D eigenvalue weighted by atomic mass is 10.1. The molecule has 0 saturated carbocycles. The van der Waals surface area contributed by atoms with E-state index in [0.29, 0.717) is 10.0 Å². The van der Waals surface area contributed by atoms with Crippen molar-refractivity contribution in [1.82, 2.24) is 9.88 Å². The first-order valence-corrected chi connectivity index (χ1v) is 7.20. The Bertz CT molecular complexity index is 699. The van der Waals surface area contributed by atoms with Crippen LogP contribution in [0.3, 0.4) is 0 Å². The number of halogens is 3. The van der Waals surface area contributed by atoms with Gasteiger partial charge in [0.2, 0.25) is 0 Å². The van der Waals surface area contributed by atoms with Crippen molar-refractivity contribution in [3.63, 3.8) is 0 Å². The lowest BCUT2D eigenvalue weighted by Gasteiger charge is -2.07. The molecule has 0 spiro atoms. The van der Waals surface area contributed by atoms with Crippen LogP contribution < -0.4 is 5.32 Å². The molecule has 3 rings (SSSR count). The molecule has 1 amide bonds. The van der Waals surface area contributed by atoms with Crippen molar-refractivity contribution in [2.45, 2.75) is 19.0 Å². The Kier molecular flexibility index (Phi) is 3.15. The fourth-order valence-electron chi connectivity index (χ4n) is 2.58. The second kappa shape index (κ2) is 4.58. The van der Waals surface area contributed by atoms with Gasteiger partial charge in [0, 0.05) is 22.1 Å². The predicted molar refractivity (Wildman–Crippen MR) is 78.2 cm³/mol. The van der Waals surface area contributed by atoms with Gasteiger partial charge in [0.1, 0.15) is 0 Å². The maximum atomic E-state index is 10.8. The average Bonchev–Trinajstić information content (AvgIpc) is 2.86. The zero-order valence-corrected chi connectivity index (χ0v) is 12.7. The third-order valence-corrected chi connectivity index (χ3v) is 4.79. The number of carboxylic acid groups (broad SMARTS) is 1. The van der Waals surface area contributed by atoms with Crippen molar-refractivity contribution >= 4 is 56.1 Å². The summed E-state index contributed by atoms with van der Waals surface area (Å²) in [6, 6.07) is 3.50. The van der Waals surface area contributed by atoms with E-state index in [1.807, 2.05) is 10.6 Å². The van der Waals surface area contributed by atoms with Crippen LogP contribution >= 0.6 is 39.1 Å². The number of benzene rings is 1. The fraction of sp³-hybridized carbons (Fsp3) is 0.250. The van der Waals surface area contributed by atoms with Crippen LogP contribution in [0.15, 0.2) is 16.6 Å². The van der Waals surface area contributed by atoms with E-state index in [-0.39, 0.29) is 6.04 Å². The van der Waals surface area contributed by atoms with Gasteiger partial charge in [-0.2, -0.15) is 0 Å². The topological polar surface area (TPSA) is 54.3 Å². The third-order valence-electron chi connectivity index (χ3n) is 3.35. The maximum Gasteiger partial charge on any atom is 0.405 e. The molecule has 1 atom stereocenters. The molecule has 1 aromatic carbocycles. The monoisotopic (exact) mass is 362 g/mol. The summed E-state index contributed by atoms with van der Waals surface area (Å²) in [7, 11) is 0. The van der Waals surface area contributed by atoms with Crippen molar-refractivity contribution in [1.29, 1.82) is 0 Å². The van der Waals surface area contributed by atoms with Gasteiger partial charge in [0.25, 0.3) is 0 Å². The van der Waals surface area contributed by atoms with E-state index in [4.69, 9.17) is 28.3 Å². The molecule has 0 unspecified atom stereocenters. The van der Waals surface area contributed by atoms with E-state index in [1.165, 1.54) is 0 Å². The first kappa shape index (κ1) is 13.1. The van der Waals surface area contributed by atoms with E-state index in [9.17, 15) is 4.79 Å². The van der Waals surface area contributed by atoms with Crippen LogP contribution in [-0.4, -0.2) is 15.8 Å². The molecule has 0 radical (unpaired) electrons. The Morgan fingerprint density at radius 2 is 2.21 bits per heavy atom. The highest BCUT2D eigenvalue weighted by molar-refractivity contribution is 9.10. The number of carbonyl (C=O) groups is 1. The number of amides is 1. The molecule has 1 aliphatic rings. The van der Waals surface area contributed by atoms with Crippen LogP contribution in [0.25, 0.3) is 10.9 Å². The molecule has 100 valence electrons. The van der Waals surface area contributed by atoms with E-state index < -0.39 is 6.09 Å². The molecule has 2 aromatic rings. The van der Waals surface area contributed by atoms with Gasteiger partial charge in [-0.3, -0.25) is 0 Å². The van der Waals surface area contributed by atoms with Crippen LogP contribution in [-0.2, 0) is 6.54 Å². The first-order chi connectivity index (χ1) is 8.99. The molecule has 0 saturated heterocycles. The number of hydrogen-bond donors (Lipinski definition) is 2. The predicted octanol–water partition coefficient (Wildman–Crippen LogP) is 4.42. The van der Waals surface area contributed by atoms with Crippen molar-refractivity contribution < 1.29 is 9.90 Å². The van der Waals surface area contributed by atoms with Gasteiger partial charge in [-0.1, -0.05) is 39.1 Å². The van der Waals surface area contributed by atoms with Gasteiger partial charge in [-0.15, -0.1) is 0 Å². The van der Waals surface area contributed by atoms with E-state index >= 15 is 0 Å². The second-order valence-electron chi connectivity index (χ2n) is 4.43. The summed E-state index contributed by atoms with van der Waals surface area (Å²) < 4.78 is 2.88. The molecule has 2 N–H and O–H groups in total. The summed E-state index contributed by atoms with van der Waals surface area (Å²) >= 11 is 15.8. The number of nitrogens with zero attached hydrogens (tertiary/aromatic N) is 1. The molecule has 1 aromatic heterocycles. The molecule has 1 aliphatic heterocycles. The SMILES string of the molecule is O=C(O)N[C@H]1CCn2c1cc1c(Br)cc(Cl)c(Cl)c12. The summed E-state index contributed by atoms with van der Waals surface area (Å²) in [5.74, 6) is 0. The van der Waals surface area contributed by atoms with Gasteiger partial charge in [0.15, 0.2) is 0 Å². The Morgan fingerprint density at radius 3 is 2.89 bits per heavy atom. The summed E-state index contributed by atoms with van der Waals surface area (Å²) in [5, 5.41) is 13.3. The Balaban J connectivity index is 2.22. The quantitative estimate of drug-likeness (QED) is 0.736. The molecular formula is C12H9BrCl2N2O2. The standard InChI is InChI=1S/C12H9BrCl2N2O2/c13-6-4-7(14)10(15)11-5(6)3-9-8(16-12(18)19)1-2-17(9)11/h3-4,8,16H,1-2H2,(H,18,19)/t8-/m0/s1. The lowest BCUT2D eigenvalue weighted by molar-refractivity contribution is 0.190. The summed E-state index contributed by atoms with van der Waals surface area (Å²) in [5.41, 5.74) is 1.77. The van der Waals surface area contributed by atoms with Crippen LogP contribution in [0.2, 0.25) is 10.0 Å². The van der Waals surface area contributed by atoms with Crippen molar-refractivity contribution in [2.24, 2.45) is 0 Å². The molecule has 0 aliphatic carbocycles. The summed E-state index contributed by atoms with van der Waals surface area (Å²) in [6.07, 6.45) is -0.301. The smallest absolute Gasteiger partial charge is 0.405 e. The van der Waals surface area contributed by atoms with E-state index in [2.05, 4.69) is 21.2 Å². The number of nitrogens with one attached hydrogen (secondary N) is 1. The average molecular weight is 364 g/mol. The van der Waals surface area contributed by atoms with Gasteiger partial charge < -0.3 is 15.0 Å². The molecule has 4 nitrogen and oxygen atoms in total. The molecule has 2 heterocycles. The van der Waals surface area contributed by atoms with E-state index in [0.717, 1.165) is 34.0 Å². The highest BCUT2D eigenvalue weighted by atomic mass is 79.9. The number of rotatable bonds is 1. The van der Waals surface area contributed by atoms with Crippen LogP contribution in [0, 0.1) is 0 Å². The van der Waals surface area contributed by atoms with Crippen LogP contribution in [0.1, 0.15) is 18.2 Å². The highest BCUT2D eigenvalue weighted by Gasteiger charge is 2.28. The summed E-state index contributed by atoms with van der Waals surface area (Å²) in [6.45, 7) is 0.719. The minimum Gasteiger partial charge on any atom is -0.465 e. The minimum absolute atomic E-state index is 0.202. The third kappa shape index (κ3) is 2.00. The van der Waals surface area contributed by atoms with Gasteiger partial charge >= 0.3 is 6.09 Å². The Morgan fingerprint density at radius 1 is 1.47 bits per heavy atom. The Labute approximate surface area is 127 Å². The number of aromatic nitrogens is 1. The largest absolute Gasteiger partial charge is 0.465 e. The van der Waals surface area contributed by atoms with Crippen molar-refractivity contribution in [3.8, 4) is 0 Å². The minimum atomic E-state index is -1.02. The fourth-order valence-corrected chi connectivity index (χ4v) is 3.70. The van der Waals surface area contributed by atoms with E-state index in [1.54, 1.807) is 6.07 Å². The number of hydrogen-bond acceptors (Lipinski definition) is 1. The Hall–Kier alpha value is -0.910. The van der Waals surface area contributed by atoms with Gasteiger partial charge in [-0.25, -0.2) is 4.79 Å². The molecule has 0 fully saturated rings. The van der Waals surface area contributed by atoms with Crippen molar-refractivity contribution in [3.05, 3.63) is 32.3 Å². The maximum absolute atomic E-state index is 10.8. The zero-order valence-electron chi connectivity index (χ0n) is 9.58. The number of fused-ring (bicyclic) bond motifs is 3. The number of aryl methyl sites for hydroxylation is 1. The van der Waals surface area contributed by atoms with Crippen LogP contribution in [0.4, 0.5) is 4.79 Å². The van der Waals surface area contributed by atoms with Gasteiger partial charge in [-0.05, 0) is 18.6 Å². The normalized spacial score (nSPS) is 17.7. The first-order valence-electron chi connectivity index (χ1n) is 5.65. The van der Waals surface area contributed by atoms with Gasteiger partial charge in [0.05, 0.1) is 21.6 Å². The van der Waals surface area contributed by atoms with Crippen LogP contribution in [0.5, 0.6) is 0 Å². The van der Waals surface area contributed by atoms with Crippen molar-refractivity contribution in [2.75, 3.05) is 0 Å². The molecular weight excluding hydrogens is 355 g/mol. The summed E-state index contributed by atoms with van der Waals surface area (Å²) in [4.78, 5) is 10.8. The molecule has 0 bridgehead atoms. The molecule has 19 heavy (non-hydrogen) atoms. The zero-order chi connectivity index (χ0) is 13.7. The highest BCUT2D eigenvalue weighted by Crippen LogP contribution is 2.42. The second-order valence-corrected chi connectivity index (χ2v) is 6.07. The lowest BCUT2D eigenvalue weighted by Crippen LogP contribution is -2.24.